The Morgan fingerprint density at radius 3 is 2.62 bits per heavy atom. The summed E-state index contributed by atoms with van der Waals surface area (Å²) < 4.78 is 5.22. The first kappa shape index (κ1) is 18.0. The van der Waals surface area contributed by atoms with Crippen LogP contribution >= 0.6 is 0 Å². The predicted octanol–water partition coefficient (Wildman–Crippen LogP) is 2.12. The molecule has 1 aliphatic heterocycles. The van der Waals surface area contributed by atoms with Gasteiger partial charge in [0.25, 0.3) is 0 Å². The van der Waals surface area contributed by atoms with Crippen molar-refractivity contribution in [2.75, 3.05) is 19.7 Å². The monoisotopic (exact) mass is 333 g/mol. The Labute approximate surface area is 141 Å². The summed E-state index contributed by atoms with van der Waals surface area (Å²) in [6.07, 6.45) is 4.12. The van der Waals surface area contributed by atoms with Crippen LogP contribution in [-0.2, 0) is 9.53 Å². The van der Waals surface area contributed by atoms with E-state index in [1.165, 1.54) is 17.3 Å². The number of hydrogen-bond acceptors (Lipinski definition) is 6. The molecule has 0 N–H and O–H groups in total. The number of ketones is 2. The number of carbonyl (C=O) groups excluding carboxylic acids is 3. The maximum absolute atomic E-state index is 12.6. The van der Waals surface area contributed by atoms with E-state index in [2.05, 4.69) is 9.97 Å². The molecule has 1 fully saturated rings. The van der Waals surface area contributed by atoms with Crippen LogP contribution in [0.2, 0.25) is 0 Å². The highest BCUT2D eigenvalue weighted by atomic mass is 16.6. The quantitative estimate of drug-likeness (QED) is 0.466. The number of ether oxygens (including phenoxy) is 1. The summed E-state index contributed by atoms with van der Waals surface area (Å²) in [5, 5.41) is 0. The normalized spacial score (nSPS) is 19.9. The molecule has 0 bridgehead atoms. The lowest BCUT2D eigenvalue weighted by Gasteiger charge is -2.39. The first-order valence-electron chi connectivity index (χ1n) is 8.14. The zero-order chi connectivity index (χ0) is 17.7. The molecule has 1 aromatic heterocycles. The summed E-state index contributed by atoms with van der Waals surface area (Å²) in [7, 11) is 0. The van der Waals surface area contributed by atoms with Gasteiger partial charge in [-0.1, -0.05) is 27.2 Å². The van der Waals surface area contributed by atoms with Crippen LogP contribution in [0.15, 0.2) is 18.5 Å². The number of hydrogen-bond donors (Lipinski definition) is 0. The molecule has 24 heavy (non-hydrogen) atoms. The molecule has 2 rings (SSSR count). The number of amides is 1. The molecule has 1 atom stereocenters. The first-order chi connectivity index (χ1) is 11.4. The molecule has 1 saturated heterocycles. The Balaban J connectivity index is 2.16. The zero-order valence-corrected chi connectivity index (χ0v) is 14.3. The third-order valence-corrected chi connectivity index (χ3v) is 4.06. The van der Waals surface area contributed by atoms with Gasteiger partial charge in [-0.05, 0) is 12.5 Å². The summed E-state index contributed by atoms with van der Waals surface area (Å²) in [4.78, 5) is 46.7. The highest BCUT2D eigenvalue weighted by molar-refractivity contribution is 6.11. The van der Waals surface area contributed by atoms with E-state index >= 15 is 0 Å². The van der Waals surface area contributed by atoms with Crippen molar-refractivity contribution < 1.29 is 19.1 Å². The number of piperidine rings is 1. The van der Waals surface area contributed by atoms with Crippen LogP contribution in [-0.4, -0.2) is 52.2 Å². The fraction of sp³-hybridized carbons (Fsp3) is 0.588. The summed E-state index contributed by atoms with van der Waals surface area (Å²) >= 11 is 0. The minimum atomic E-state index is -0.963. The van der Waals surface area contributed by atoms with E-state index < -0.39 is 23.2 Å². The van der Waals surface area contributed by atoms with Crippen molar-refractivity contribution in [2.45, 2.75) is 33.6 Å². The van der Waals surface area contributed by atoms with E-state index in [1.807, 2.05) is 6.92 Å². The van der Waals surface area contributed by atoms with Gasteiger partial charge in [0.15, 0.2) is 11.6 Å². The van der Waals surface area contributed by atoms with Gasteiger partial charge in [-0.3, -0.25) is 9.59 Å². The van der Waals surface area contributed by atoms with Crippen LogP contribution in [0.3, 0.4) is 0 Å². The lowest BCUT2D eigenvalue weighted by molar-refractivity contribution is -0.134. The smallest absolute Gasteiger partial charge is 0.409 e. The average molecular weight is 333 g/mol. The Morgan fingerprint density at radius 1 is 1.33 bits per heavy atom. The molecule has 7 heteroatoms. The number of carbonyl (C=O) groups is 3. The molecular formula is C17H23N3O4. The molecule has 2 heterocycles. The Bertz CT molecular complexity index is 616. The van der Waals surface area contributed by atoms with Gasteiger partial charge in [0.1, 0.15) is 5.92 Å². The van der Waals surface area contributed by atoms with Crippen LogP contribution in [0.25, 0.3) is 0 Å². The summed E-state index contributed by atoms with van der Waals surface area (Å²) in [5.74, 6) is -1.62. The van der Waals surface area contributed by atoms with Crippen molar-refractivity contribution in [3.05, 3.63) is 24.3 Å². The Kier molecular flexibility index (Phi) is 5.64. The lowest BCUT2D eigenvalue weighted by Crippen LogP contribution is -2.55. The number of aromatic nitrogens is 2. The molecule has 0 saturated carbocycles. The van der Waals surface area contributed by atoms with E-state index in [0.717, 1.165) is 12.8 Å². The molecule has 0 aromatic carbocycles. The van der Waals surface area contributed by atoms with Crippen molar-refractivity contribution in [1.82, 2.24) is 14.9 Å². The van der Waals surface area contributed by atoms with E-state index in [4.69, 9.17) is 4.74 Å². The fourth-order valence-corrected chi connectivity index (χ4v) is 2.71. The van der Waals surface area contributed by atoms with Gasteiger partial charge in [0, 0.05) is 30.9 Å². The summed E-state index contributed by atoms with van der Waals surface area (Å²) in [5.41, 5.74) is -0.822. The molecule has 1 unspecified atom stereocenters. The fourth-order valence-electron chi connectivity index (χ4n) is 2.71. The van der Waals surface area contributed by atoms with Crippen LogP contribution in [0.1, 0.15) is 44.2 Å². The Morgan fingerprint density at radius 2 is 2.00 bits per heavy atom. The van der Waals surface area contributed by atoms with Gasteiger partial charge in [0.2, 0.25) is 5.78 Å². The maximum Gasteiger partial charge on any atom is 0.409 e. The van der Waals surface area contributed by atoms with E-state index in [1.54, 1.807) is 19.9 Å². The first-order valence-corrected chi connectivity index (χ1v) is 8.14. The molecule has 0 radical (unpaired) electrons. The molecule has 130 valence electrons. The van der Waals surface area contributed by atoms with Crippen LogP contribution in [0.4, 0.5) is 4.79 Å². The third kappa shape index (κ3) is 3.96. The minimum absolute atomic E-state index is 0.00428. The third-order valence-electron chi connectivity index (χ3n) is 4.06. The molecule has 1 amide bonds. The SMILES string of the molecule is CCCCOC(=O)N1CC(C(=O)c2ncccn2)C(=O)C(C)(C)C1. The van der Waals surface area contributed by atoms with E-state index in [0.29, 0.717) is 6.61 Å². The highest BCUT2D eigenvalue weighted by Gasteiger charge is 2.46. The van der Waals surface area contributed by atoms with Crippen molar-refractivity contribution in [1.29, 1.82) is 0 Å². The maximum atomic E-state index is 12.6. The van der Waals surface area contributed by atoms with E-state index in [9.17, 15) is 14.4 Å². The standard InChI is InChI=1S/C17H23N3O4/c1-4-5-9-24-16(23)20-10-12(14(22)17(2,3)11-20)13(21)15-18-7-6-8-19-15/h6-8,12H,4-5,9-11H2,1-3H3. The number of likely N-dealkylation sites (tertiary alicyclic amines) is 1. The number of unbranched alkanes of at least 4 members (excludes halogenated alkanes) is 1. The van der Waals surface area contributed by atoms with Crippen LogP contribution < -0.4 is 0 Å². The van der Waals surface area contributed by atoms with Gasteiger partial charge in [-0.25, -0.2) is 14.8 Å². The molecular weight excluding hydrogens is 310 g/mol. The van der Waals surface area contributed by atoms with E-state index in [-0.39, 0.29) is 24.7 Å². The van der Waals surface area contributed by atoms with Crippen molar-refractivity contribution in [3.8, 4) is 0 Å². The lowest BCUT2D eigenvalue weighted by atomic mass is 9.75. The average Bonchev–Trinajstić information content (AvgIpc) is 2.57. The molecule has 0 spiro atoms. The van der Waals surface area contributed by atoms with Gasteiger partial charge in [0.05, 0.1) is 6.61 Å². The van der Waals surface area contributed by atoms with Crippen molar-refractivity contribution in [3.63, 3.8) is 0 Å². The number of rotatable bonds is 5. The van der Waals surface area contributed by atoms with Crippen LogP contribution in [0, 0.1) is 11.3 Å². The second kappa shape index (κ2) is 7.51. The van der Waals surface area contributed by atoms with Gasteiger partial charge in [-0.2, -0.15) is 0 Å². The van der Waals surface area contributed by atoms with Gasteiger partial charge in [-0.15, -0.1) is 0 Å². The Hall–Kier alpha value is -2.31. The van der Waals surface area contributed by atoms with Gasteiger partial charge >= 0.3 is 6.09 Å². The minimum Gasteiger partial charge on any atom is -0.449 e. The second-order valence-electron chi connectivity index (χ2n) is 6.59. The van der Waals surface area contributed by atoms with Crippen LogP contribution in [0.5, 0.6) is 0 Å². The number of nitrogens with zero attached hydrogens (tertiary/aromatic N) is 3. The highest BCUT2D eigenvalue weighted by Crippen LogP contribution is 2.30. The molecule has 1 aromatic rings. The molecule has 7 nitrogen and oxygen atoms in total. The van der Waals surface area contributed by atoms with Gasteiger partial charge < -0.3 is 9.64 Å². The summed E-state index contributed by atoms with van der Waals surface area (Å²) in [6.45, 7) is 6.03. The second-order valence-corrected chi connectivity index (χ2v) is 6.59. The number of Topliss-reactive ketones (excluding diaryl/α,β-unsaturated/α-hetero) is 2. The summed E-state index contributed by atoms with van der Waals surface area (Å²) in [6, 6.07) is 1.60. The molecule has 1 aliphatic rings. The zero-order valence-electron chi connectivity index (χ0n) is 14.3. The largest absolute Gasteiger partial charge is 0.449 e. The van der Waals surface area contributed by atoms with Crippen molar-refractivity contribution in [2.24, 2.45) is 11.3 Å². The van der Waals surface area contributed by atoms with Crippen molar-refractivity contribution >= 4 is 17.7 Å². The topological polar surface area (TPSA) is 89.5 Å². The predicted molar refractivity (Wildman–Crippen MR) is 86.5 cm³/mol. The molecule has 0 aliphatic carbocycles.